The zero-order valence-corrected chi connectivity index (χ0v) is 18.8. The molecule has 0 unspecified atom stereocenters. The van der Waals surface area contributed by atoms with Gasteiger partial charge in [0, 0.05) is 28.2 Å². The number of phenolic OH excluding ortho intramolecular Hbond substituents is 1. The van der Waals surface area contributed by atoms with Gasteiger partial charge < -0.3 is 21.1 Å². The minimum atomic E-state index is -0.634. The second kappa shape index (κ2) is 8.96. The van der Waals surface area contributed by atoms with Gasteiger partial charge in [-0.2, -0.15) is 5.10 Å². The minimum Gasteiger partial charge on any atom is -0.508 e. The molecule has 0 radical (unpaired) electrons. The van der Waals surface area contributed by atoms with E-state index in [0.29, 0.717) is 33.0 Å². The molecule has 1 heterocycles. The van der Waals surface area contributed by atoms with Gasteiger partial charge in [0.2, 0.25) is 0 Å². The van der Waals surface area contributed by atoms with Crippen LogP contribution < -0.4 is 26.8 Å². The molecule has 5 rings (SSSR count). The predicted molar refractivity (Wildman–Crippen MR) is 136 cm³/mol. The van der Waals surface area contributed by atoms with E-state index in [9.17, 15) is 19.5 Å². The Labute approximate surface area is 203 Å². The summed E-state index contributed by atoms with van der Waals surface area (Å²) in [6, 6.07) is 18.3. The van der Waals surface area contributed by atoms with Crippen LogP contribution in [-0.4, -0.2) is 21.2 Å². The van der Waals surface area contributed by atoms with Crippen LogP contribution >= 0.6 is 11.6 Å². The quantitative estimate of drug-likeness (QED) is 0.218. The predicted octanol–water partition coefficient (Wildman–Crippen LogP) is 4.13. The number of benzene rings is 3. The van der Waals surface area contributed by atoms with E-state index in [-0.39, 0.29) is 29.6 Å². The number of H-pyrrole nitrogens is 1. The third kappa shape index (κ3) is 4.44. The number of rotatable bonds is 7. The van der Waals surface area contributed by atoms with Crippen molar-refractivity contribution in [3.8, 4) is 5.75 Å². The minimum absolute atomic E-state index is 0.110. The fraction of sp³-hybridized carbons (Fsp3) is 0.0400. The topological polar surface area (TPSA) is 136 Å². The normalized spacial score (nSPS) is 11.0. The number of aromatic nitrogens is 2. The fourth-order valence-electron chi connectivity index (χ4n) is 3.68. The van der Waals surface area contributed by atoms with Crippen LogP contribution in [0.4, 0.5) is 22.9 Å². The first kappa shape index (κ1) is 22.2. The molecule has 0 spiro atoms. The molecule has 0 fully saturated rings. The van der Waals surface area contributed by atoms with Crippen LogP contribution in [0.5, 0.6) is 5.75 Å². The summed E-state index contributed by atoms with van der Waals surface area (Å²) in [6.45, 7) is 0.258. The van der Waals surface area contributed by atoms with E-state index in [4.69, 9.17) is 11.6 Å². The van der Waals surface area contributed by atoms with Gasteiger partial charge in [0.15, 0.2) is 5.82 Å². The fourth-order valence-corrected chi connectivity index (χ4v) is 3.87. The first-order chi connectivity index (χ1) is 16.9. The number of nitrogens with zero attached hydrogens (tertiary/aromatic N) is 1. The number of carbonyl (C=O) groups excluding carboxylic acids is 1. The number of anilines is 4. The summed E-state index contributed by atoms with van der Waals surface area (Å²) in [4.78, 5) is 36.9. The monoisotopic (exact) mass is 487 g/mol. The maximum Gasteiger partial charge on any atom is 0.256 e. The number of aromatic amines is 1. The van der Waals surface area contributed by atoms with Gasteiger partial charge in [-0.1, -0.05) is 29.8 Å². The summed E-state index contributed by atoms with van der Waals surface area (Å²) in [5.41, 5.74) is 1.39. The average molecular weight is 488 g/mol. The van der Waals surface area contributed by atoms with E-state index in [2.05, 4.69) is 26.1 Å². The molecule has 1 amide bonds. The van der Waals surface area contributed by atoms with Crippen molar-refractivity contribution in [1.82, 2.24) is 10.2 Å². The van der Waals surface area contributed by atoms with Crippen molar-refractivity contribution in [2.75, 3.05) is 16.0 Å². The third-order valence-corrected chi connectivity index (χ3v) is 5.68. The molecule has 35 heavy (non-hydrogen) atoms. The molecule has 174 valence electrons. The Morgan fingerprint density at radius 3 is 2.57 bits per heavy atom. The van der Waals surface area contributed by atoms with Gasteiger partial charge in [0.05, 0.1) is 5.52 Å². The van der Waals surface area contributed by atoms with Crippen LogP contribution in [0.3, 0.4) is 0 Å². The van der Waals surface area contributed by atoms with E-state index in [1.807, 2.05) is 0 Å². The van der Waals surface area contributed by atoms with E-state index in [1.165, 1.54) is 0 Å². The first-order valence-electron chi connectivity index (χ1n) is 10.6. The largest absolute Gasteiger partial charge is 0.508 e. The number of hydrogen-bond donors (Lipinski definition) is 5. The molecule has 0 aliphatic rings. The number of carbonyl (C=O) groups is 1. The van der Waals surface area contributed by atoms with Crippen molar-refractivity contribution in [2.45, 2.75) is 6.54 Å². The van der Waals surface area contributed by atoms with E-state index >= 15 is 0 Å². The van der Waals surface area contributed by atoms with Crippen molar-refractivity contribution in [3.05, 3.63) is 103 Å². The van der Waals surface area contributed by atoms with E-state index < -0.39 is 10.9 Å². The Hall–Kier alpha value is -4.63. The number of hydrogen-bond acceptors (Lipinski definition) is 7. The number of nitrogens with one attached hydrogen (secondary N) is 4. The number of fused-ring (bicyclic) bond motifs is 1. The number of halogens is 1. The molecule has 0 saturated heterocycles. The van der Waals surface area contributed by atoms with Crippen molar-refractivity contribution in [3.63, 3.8) is 0 Å². The first-order valence-corrected chi connectivity index (χ1v) is 10.9. The molecule has 0 bridgehead atoms. The van der Waals surface area contributed by atoms with Crippen molar-refractivity contribution < 1.29 is 9.90 Å². The summed E-state index contributed by atoms with van der Waals surface area (Å²) in [5, 5.41) is 26.4. The second-order valence-corrected chi connectivity index (χ2v) is 8.29. The van der Waals surface area contributed by atoms with Crippen LogP contribution in [-0.2, 0) is 6.54 Å². The highest BCUT2D eigenvalue weighted by Gasteiger charge is 2.21. The zero-order chi connectivity index (χ0) is 24.5. The highest BCUT2D eigenvalue weighted by Crippen LogP contribution is 2.28. The lowest BCUT2D eigenvalue weighted by molar-refractivity contribution is 0.102. The average Bonchev–Trinajstić information content (AvgIpc) is 3.25. The Morgan fingerprint density at radius 1 is 0.971 bits per heavy atom. The Kier molecular flexibility index (Phi) is 5.68. The SMILES string of the molecule is O=C(Nc1n[nH]c2ccc(Nc3c(NCc4cccc(O)c4)c(=O)c3=O)cc12)c1cccc(Cl)c1. The molecule has 0 aliphatic carbocycles. The second-order valence-electron chi connectivity index (χ2n) is 7.85. The van der Waals surface area contributed by atoms with Gasteiger partial charge in [-0.3, -0.25) is 19.5 Å². The zero-order valence-electron chi connectivity index (χ0n) is 18.1. The molecular formula is C25H18ClN5O4. The highest BCUT2D eigenvalue weighted by atomic mass is 35.5. The van der Waals surface area contributed by atoms with Gasteiger partial charge in [-0.25, -0.2) is 0 Å². The molecule has 10 heteroatoms. The summed E-state index contributed by atoms with van der Waals surface area (Å²) in [7, 11) is 0. The Bertz CT molecular complexity index is 1650. The number of amides is 1. The maximum atomic E-state index is 12.6. The summed E-state index contributed by atoms with van der Waals surface area (Å²) in [6.07, 6.45) is 0. The molecule has 5 N–H and O–H groups in total. The van der Waals surface area contributed by atoms with Gasteiger partial charge in [0.25, 0.3) is 16.8 Å². The lowest BCUT2D eigenvalue weighted by Gasteiger charge is -2.15. The van der Waals surface area contributed by atoms with Gasteiger partial charge >= 0.3 is 0 Å². The van der Waals surface area contributed by atoms with E-state index in [0.717, 1.165) is 5.56 Å². The van der Waals surface area contributed by atoms with Crippen LogP contribution in [0, 0.1) is 0 Å². The van der Waals surface area contributed by atoms with Crippen LogP contribution in [0.1, 0.15) is 15.9 Å². The molecule has 0 atom stereocenters. The highest BCUT2D eigenvalue weighted by molar-refractivity contribution is 6.31. The smallest absolute Gasteiger partial charge is 0.256 e. The van der Waals surface area contributed by atoms with Crippen LogP contribution in [0.2, 0.25) is 5.02 Å². The molecular weight excluding hydrogens is 470 g/mol. The summed E-state index contributed by atoms with van der Waals surface area (Å²) in [5.74, 6) is 0.0420. The maximum absolute atomic E-state index is 12.6. The Morgan fingerprint density at radius 2 is 1.77 bits per heavy atom. The van der Waals surface area contributed by atoms with Crippen molar-refractivity contribution in [1.29, 1.82) is 0 Å². The molecule has 0 saturated carbocycles. The summed E-state index contributed by atoms with van der Waals surface area (Å²) < 4.78 is 0. The van der Waals surface area contributed by atoms with Gasteiger partial charge in [-0.15, -0.1) is 0 Å². The van der Waals surface area contributed by atoms with Crippen LogP contribution in [0.25, 0.3) is 10.9 Å². The van der Waals surface area contributed by atoms with Gasteiger partial charge in [-0.05, 0) is 54.1 Å². The lowest BCUT2D eigenvalue weighted by Crippen LogP contribution is -2.36. The third-order valence-electron chi connectivity index (χ3n) is 5.44. The summed E-state index contributed by atoms with van der Waals surface area (Å²) >= 11 is 5.97. The molecule has 5 aromatic rings. The van der Waals surface area contributed by atoms with Gasteiger partial charge in [0.1, 0.15) is 17.1 Å². The molecule has 1 aromatic heterocycles. The van der Waals surface area contributed by atoms with E-state index in [1.54, 1.807) is 66.7 Å². The number of aromatic hydroxyl groups is 1. The molecule has 9 nitrogen and oxygen atoms in total. The molecule has 4 aromatic carbocycles. The lowest BCUT2D eigenvalue weighted by atomic mass is 10.1. The number of phenols is 1. The van der Waals surface area contributed by atoms with Crippen molar-refractivity contribution in [2.24, 2.45) is 0 Å². The standard InChI is InChI=1S/C25H18ClN5O4/c26-15-5-2-4-14(10-15)25(35)29-24-18-11-16(7-8-19(18)30-31-24)28-21-20(22(33)23(21)34)27-12-13-3-1-6-17(32)9-13/h1-11,27-28,32H,12H2,(H2,29,30,31,35). The Balaban J connectivity index is 1.36. The van der Waals surface area contributed by atoms with Crippen LogP contribution in [0.15, 0.2) is 76.3 Å². The molecule has 0 aliphatic heterocycles. The van der Waals surface area contributed by atoms with Crippen molar-refractivity contribution >= 4 is 51.3 Å².